The maximum atomic E-state index is 10.0. The van der Waals surface area contributed by atoms with E-state index in [2.05, 4.69) is 5.32 Å². The number of nitrogens with one attached hydrogen (secondary N) is 1. The summed E-state index contributed by atoms with van der Waals surface area (Å²) in [5.74, 6) is 1.81. The van der Waals surface area contributed by atoms with Crippen LogP contribution >= 0.6 is 0 Å². The molecule has 0 unspecified atom stereocenters. The van der Waals surface area contributed by atoms with Gasteiger partial charge >= 0.3 is 0 Å². The van der Waals surface area contributed by atoms with Crippen LogP contribution in [0.4, 0.5) is 5.69 Å². The molecule has 4 heteroatoms. The molecule has 0 aliphatic carbocycles. The zero-order valence-corrected chi connectivity index (χ0v) is 11.9. The molecule has 0 amide bonds. The van der Waals surface area contributed by atoms with Crippen LogP contribution in [-0.4, -0.2) is 19.3 Å². The van der Waals surface area contributed by atoms with E-state index < -0.39 is 0 Å². The fourth-order valence-corrected chi connectivity index (χ4v) is 2.01. The van der Waals surface area contributed by atoms with Gasteiger partial charge < -0.3 is 19.9 Å². The number of anilines is 1. The van der Waals surface area contributed by atoms with E-state index in [1.165, 1.54) is 0 Å². The van der Waals surface area contributed by atoms with Gasteiger partial charge in [0.05, 0.1) is 19.9 Å². The molecule has 4 nitrogen and oxygen atoms in total. The summed E-state index contributed by atoms with van der Waals surface area (Å²) in [5, 5.41) is 13.3. The molecule has 0 spiro atoms. The second kappa shape index (κ2) is 6.19. The zero-order chi connectivity index (χ0) is 14.5. The van der Waals surface area contributed by atoms with Gasteiger partial charge in [0.15, 0.2) is 0 Å². The van der Waals surface area contributed by atoms with Gasteiger partial charge in [0.1, 0.15) is 17.2 Å². The second-order valence-electron chi connectivity index (χ2n) is 4.50. The van der Waals surface area contributed by atoms with Gasteiger partial charge in [-0.3, -0.25) is 0 Å². The monoisotopic (exact) mass is 273 g/mol. The highest BCUT2D eigenvalue weighted by atomic mass is 16.5. The number of aryl methyl sites for hydroxylation is 1. The first kappa shape index (κ1) is 14.1. The molecule has 0 heterocycles. The van der Waals surface area contributed by atoms with Crippen LogP contribution in [-0.2, 0) is 6.54 Å². The number of aromatic hydroxyl groups is 1. The maximum Gasteiger partial charge on any atom is 0.142 e. The summed E-state index contributed by atoms with van der Waals surface area (Å²) in [6.07, 6.45) is 0. The Kier molecular flexibility index (Phi) is 4.35. The minimum atomic E-state index is 0.321. The third-order valence-electron chi connectivity index (χ3n) is 3.20. The molecule has 2 aromatic carbocycles. The van der Waals surface area contributed by atoms with E-state index in [4.69, 9.17) is 9.47 Å². The Bertz CT molecular complexity index is 596. The van der Waals surface area contributed by atoms with Crippen molar-refractivity contribution >= 4 is 5.69 Å². The molecule has 0 atom stereocenters. The average Bonchev–Trinajstić information content (AvgIpc) is 2.48. The number of hydrogen-bond donors (Lipinski definition) is 2. The van der Waals surface area contributed by atoms with Crippen molar-refractivity contribution in [3.05, 3.63) is 47.5 Å². The number of benzene rings is 2. The summed E-state index contributed by atoms with van der Waals surface area (Å²) in [4.78, 5) is 0. The van der Waals surface area contributed by atoms with Crippen LogP contribution in [0.15, 0.2) is 36.4 Å². The van der Waals surface area contributed by atoms with Crippen LogP contribution in [0.2, 0.25) is 0 Å². The number of para-hydroxylation sites is 1. The molecule has 0 saturated carbocycles. The largest absolute Gasteiger partial charge is 0.507 e. The number of rotatable bonds is 5. The molecule has 0 aliphatic heterocycles. The smallest absolute Gasteiger partial charge is 0.142 e. The Labute approximate surface area is 119 Å². The summed E-state index contributed by atoms with van der Waals surface area (Å²) < 4.78 is 10.5. The van der Waals surface area contributed by atoms with Crippen LogP contribution in [0.3, 0.4) is 0 Å². The van der Waals surface area contributed by atoms with Crippen LogP contribution in [0.25, 0.3) is 0 Å². The number of methoxy groups -OCH3 is 2. The van der Waals surface area contributed by atoms with Crippen molar-refractivity contribution < 1.29 is 14.6 Å². The van der Waals surface area contributed by atoms with E-state index in [9.17, 15) is 5.11 Å². The molecule has 0 bridgehead atoms. The fourth-order valence-electron chi connectivity index (χ4n) is 2.01. The highest BCUT2D eigenvalue weighted by Crippen LogP contribution is 2.30. The fraction of sp³-hybridized carbons (Fsp3) is 0.250. The molecule has 0 radical (unpaired) electrons. The van der Waals surface area contributed by atoms with Gasteiger partial charge in [-0.1, -0.05) is 18.2 Å². The van der Waals surface area contributed by atoms with E-state index in [0.717, 1.165) is 28.3 Å². The zero-order valence-electron chi connectivity index (χ0n) is 11.9. The molecule has 0 aliphatic rings. The van der Waals surface area contributed by atoms with Crippen molar-refractivity contribution in [3.63, 3.8) is 0 Å². The molecule has 0 saturated heterocycles. The van der Waals surface area contributed by atoms with Crippen molar-refractivity contribution in [2.75, 3.05) is 19.5 Å². The topological polar surface area (TPSA) is 50.7 Å². The van der Waals surface area contributed by atoms with E-state index in [1.54, 1.807) is 14.2 Å². The Hall–Kier alpha value is -2.36. The molecule has 20 heavy (non-hydrogen) atoms. The van der Waals surface area contributed by atoms with Gasteiger partial charge in [-0.2, -0.15) is 0 Å². The predicted molar refractivity (Wildman–Crippen MR) is 79.7 cm³/mol. The summed E-state index contributed by atoms with van der Waals surface area (Å²) in [6.45, 7) is 2.39. The lowest BCUT2D eigenvalue weighted by atomic mass is 10.1. The van der Waals surface area contributed by atoms with Crippen molar-refractivity contribution in [1.82, 2.24) is 0 Å². The number of phenolic OH excluding ortho intramolecular Hbond substituents is 1. The Morgan fingerprint density at radius 3 is 2.60 bits per heavy atom. The predicted octanol–water partition coefficient (Wildman–Crippen LogP) is 3.33. The van der Waals surface area contributed by atoms with E-state index in [0.29, 0.717) is 12.3 Å². The van der Waals surface area contributed by atoms with Gasteiger partial charge in [-0.15, -0.1) is 0 Å². The van der Waals surface area contributed by atoms with Crippen molar-refractivity contribution in [2.24, 2.45) is 0 Å². The minimum absolute atomic E-state index is 0.321. The lowest BCUT2D eigenvalue weighted by Gasteiger charge is -2.14. The van der Waals surface area contributed by atoms with Crippen LogP contribution in [0, 0.1) is 6.92 Å². The lowest BCUT2D eigenvalue weighted by Crippen LogP contribution is -2.02. The quantitative estimate of drug-likeness (QED) is 0.877. The molecule has 106 valence electrons. The van der Waals surface area contributed by atoms with Crippen molar-refractivity contribution in [1.29, 1.82) is 0 Å². The Morgan fingerprint density at radius 2 is 1.90 bits per heavy atom. The van der Waals surface area contributed by atoms with Gasteiger partial charge in [0, 0.05) is 18.2 Å². The first-order chi connectivity index (χ1) is 9.65. The standard InChI is InChI=1S/C16H19NO3/c1-11-5-4-6-12(16(11)18)10-17-14-9-13(19-2)7-8-15(14)20-3/h4-9,17-18H,10H2,1-3H3. The highest BCUT2D eigenvalue weighted by Gasteiger charge is 2.07. The third-order valence-corrected chi connectivity index (χ3v) is 3.20. The number of hydrogen-bond acceptors (Lipinski definition) is 4. The van der Waals surface area contributed by atoms with E-state index >= 15 is 0 Å². The molecule has 2 N–H and O–H groups in total. The SMILES string of the molecule is COc1ccc(OC)c(NCc2cccc(C)c2O)c1. The molecule has 0 aromatic heterocycles. The minimum Gasteiger partial charge on any atom is -0.507 e. The first-order valence-electron chi connectivity index (χ1n) is 6.39. The summed E-state index contributed by atoms with van der Waals surface area (Å²) in [5.41, 5.74) is 2.53. The van der Waals surface area contributed by atoms with E-state index in [-0.39, 0.29) is 0 Å². The molecule has 0 fully saturated rings. The number of phenols is 1. The third kappa shape index (κ3) is 2.96. The van der Waals surface area contributed by atoms with E-state index in [1.807, 2.05) is 43.3 Å². The molecule has 2 aromatic rings. The summed E-state index contributed by atoms with van der Waals surface area (Å²) >= 11 is 0. The van der Waals surface area contributed by atoms with Gasteiger partial charge in [-0.25, -0.2) is 0 Å². The average molecular weight is 273 g/mol. The summed E-state index contributed by atoms with van der Waals surface area (Å²) in [6, 6.07) is 11.2. The van der Waals surface area contributed by atoms with Crippen LogP contribution in [0.5, 0.6) is 17.2 Å². The molecular formula is C16H19NO3. The van der Waals surface area contributed by atoms with Gasteiger partial charge in [-0.05, 0) is 24.6 Å². The van der Waals surface area contributed by atoms with Gasteiger partial charge in [0.25, 0.3) is 0 Å². The number of ether oxygens (including phenoxy) is 2. The highest BCUT2D eigenvalue weighted by molar-refractivity contribution is 5.60. The van der Waals surface area contributed by atoms with Gasteiger partial charge in [0.2, 0.25) is 0 Å². The maximum absolute atomic E-state index is 10.0. The summed E-state index contributed by atoms with van der Waals surface area (Å²) in [7, 11) is 3.25. The molecular weight excluding hydrogens is 254 g/mol. The first-order valence-corrected chi connectivity index (χ1v) is 6.39. The lowest BCUT2D eigenvalue weighted by molar-refractivity contribution is 0.404. The van der Waals surface area contributed by atoms with Crippen LogP contribution in [0.1, 0.15) is 11.1 Å². The Balaban J connectivity index is 2.19. The van der Waals surface area contributed by atoms with Crippen molar-refractivity contribution in [3.8, 4) is 17.2 Å². The normalized spacial score (nSPS) is 10.2. The molecule has 2 rings (SSSR count). The second-order valence-corrected chi connectivity index (χ2v) is 4.50. The van der Waals surface area contributed by atoms with Crippen LogP contribution < -0.4 is 14.8 Å². The van der Waals surface area contributed by atoms with Crippen molar-refractivity contribution in [2.45, 2.75) is 13.5 Å². The Morgan fingerprint density at radius 1 is 1.10 bits per heavy atom.